The predicted octanol–water partition coefficient (Wildman–Crippen LogP) is 1.24. The van der Waals surface area contributed by atoms with Crippen LogP contribution in [0.25, 0.3) is 0 Å². The van der Waals surface area contributed by atoms with Gasteiger partial charge in [0.1, 0.15) is 0 Å². The molecular weight excluding hydrogens is 174 g/mol. The normalized spacial score (nSPS) is 12.5. The van der Waals surface area contributed by atoms with Gasteiger partial charge in [0.2, 0.25) is 0 Å². The maximum Gasteiger partial charge on any atom is 0.0777 e. The molecule has 0 spiro atoms. The minimum atomic E-state index is -2.03. The van der Waals surface area contributed by atoms with Gasteiger partial charge in [-0.2, -0.15) is 0 Å². The van der Waals surface area contributed by atoms with Crippen LogP contribution in [0.1, 0.15) is 5.56 Å². The number of benzene rings is 1. The lowest BCUT2D eigenvalue weighted by Gasteiger charge is -2.08. The summed E-state index contributed by atoms with van der Waals surface area (Å²) in [5.41, 5.74) is 1.94. The van der Waals surface area contributed by atoms with Gasteiger partial charge in [-0.1, -0.05) is 12.1 Å². The zero-order chi connectivity index (χ0) is 8.97. The fourth-order valence-electron chi connectivity index (χ4n) is 0.897. The highest BCUT2D eigenvalue weighted by Gasteiger charge is 1.90. The van der Waals surface area contributed by atoms with Crippen LogP contribution in [0.3, 0.4) is 0 Å². The van der Waals surface area contributed by atoms with E-state index in [1.807, 2.05) is 31.2 Å². The minimum absolute atomic E-state index is 0.0382. The van der Waals surface area contributed by atoms with Gasteiger partial charge in [-0.05, 0) is 35.7 Å². The summed E-state index contributed by atoms with van der Waals surface area (Å²) >= 11 is -2.03. The predicted molar refractivity (Wildman–Crippen MR) is 48.6 cm³/mol. The molecule has 0 fully saturated rings. The van der Waals surface area contributed by atoms with Crippen LogP contribution in [0.5, 0.6) is 0 Å². The second-order valence-corrected chi connectivity index (χ2v) is 3.39. The second kappa shape index (κ2) is 4.23. The van der Waals surface area contributed by atoms with Crippen molar-refractivity contribution in [3.05, 3.63) is 29.8 Å². The maximum atomic E-state index is 10.2. The maximum absolute atomic E-state index is 10.2. The van der Waals surface area contributed by atoms with E-state index in [0.717, 1.165) is 11.3 Å². The largest absolute Gasteiger partial charge is 0.771 e. The van der Waals surface area contributed by atoms with Crippen molar-refractivity contribution in [1.29, 1.82) is 0 Å². The van der Waals surface area contributed by atoms with Crippen LogP contribution in [-0.4, -0.2) is 14.6 Å². The van der Waals surface area contributed by atoms with Gasteiger partial charge in [0.15, 0.2) is 0 Å². The molecule has 4 heteroatoms. The smallest absolute Gasteiger partial charge is 0.0777 e. The van der Waals surface area contributed by atoms with Crippen LogP contribution in [0.15, 0.2) is 24.3 Å². The van der Waals surface area contributed by atoms with E-state index in [9.17, 15) is 8.76 Å². The third kappa shape index (κ3) is 3.02. The van der Waals surface area contributed by atoms with Crippen molar-refractivity contribution in [3.63, 3.8) is 0 Å². The molecule has 1 rings (SSSR count). The summed E-state index contributed by atoms with van der Waals surface area (Å²) < 4.78 is 20.4. The number of nitrogens with one attached hydrogen (secondary N) is 1. The van der Waals surface area contributed by atoms with Crippen molar-refractivity contribution in [2.75, 3.05) is 11.2 Å². The first-order valence-corrected chi connectivity index (χ1v) is 4.79. The molecule has 3 nitrogen and oxygen atoms in total. The Bertz CT molecular complexity index is 288. The molecule has 0 saturated carbocycles. The molecule has 0 aliphatic rings. The average Bonchev–Trinajstić information content (AvgIpc) is 2.01. The van der Waals surface area contributed by atoms with Crippen LogP contribution in [0.4, 0.5) is 5.69 Å². The molecule has 12 heavy (non-hydrogen) atoms. The van der Waals surface area contributed by atoms with E-state index in [1.54, 1.807) is 0 Å². The van der Waals surface area contributed by atoms with Crippen LogP contribution < -0.4 is 5.32 Å². The van der Waals surface area contributed by atoms with Crippen molar-refractivity contribution in [2.45, 2.75) is 6.92 Å². The third-order valence-electron chi connectivity index (χ3n) is 1.41. The van der Waals surface area contributed by atoms with Crippen LogP contribution >= 0.6 is 0 Å². The first-order valence-electron chi connectivity index (χ1n) is 3.55. The monoisotopic (exact) mass is 184 g/mol. The highest BCUT2D eigenvalue weighted by Crippen LogP contribution is 2.08. The van der Waals surface area contributed by atoms with Crippen LogP contribution in [-0.2, 0) is 11.1 Å². The van der Waals surface area contributed by atoms with Crippen LogP contribution in [0, 0.1) is 6.92 Å². The molecular formula is C8H10NO2S-. The SMILES string of the molecule is Cc1cccc(NCS(=O)[O-])c1. The van der Waals surface area contributed by atoms with Gasteiger partial charge in [0.25, 0.3) is 0 Å². The number of aryl methyl sites for hydroxylation is 1. The standard InChI is InChI=1S/C8H11NO2S/c1-7-3-2-4-8(5-7)9-6-12(10)11/h2-5,9H,6H2,1H3,(H,10,11)/p-1. The van der Waals surface area contributed by atoms with E-state index >= 15 is 0 Å². The van der Waals surface area contributed by atoms with Crippen molar-refractivity contribution in [3.8, 4) is 0 Å². The lowest BCUT2D eigenvalue weighted by molar-refractivity contribution is 0.539. The Morgan fingerprint density at radius 3 is 2.92 bits per heavy atom. The molecule has 0 aliphatic carbocycles. The van der Waals surface area contributed by atoms with Crippen molar-refractivity contribution < 1.29 is 8.76 Å². The molecule has 0 bridgehead atoms. The summed E-state index contributed by atoms with van der Waals surface area (Å²) in [7, 11) is 0. The van der Waals surface area contributed by atoms with Crippen LogP contribution in [0.2, 0.25) is 0 Å². The number of hydrogen-bond donors (Lipinski definition) is 1. The number of rotatable bonds is 3. The molecule has 0 heterocycles. The fourth-order valence-corrected chi connectivity index (χ4v) is 1.18. The number of hydrogen-bond acceptors (Lipinski definition) is 3. The molecule has 66 valence electrons. The summed E-state index contributed by atoms with van der Waals surface area (Å²) in [6.07, 6.45) is 0. The lowest BCUT2D eigenvalue weighted by atomic mass is 10.2. The second-order valence-electron chi connectivity index (χ2n) is 2.49. The van der Waals surface area contributed by atoms with Crippen molar-refractivity contribution in [1.82, 2.24) is 0 Å². The number of anilines is 1. The summed E-state index contributed by atoms with van der Waals surface area (Å²) in [6.45, 7) is 1.96. The van der Waals surface area contributed by atoms with Gasteiger partial charge < -0.3 is 9.87 Å². The van der Waals surface area contributed by atoms with E-state index in [1.165, 1.54) is 0 Å². The molecule has 1 unspecified atom stereocenters. The molecule has 1 N–H and O–H groups in total. The highest BCUT2D eigenvalue weighted by atomic mass is 32.2. The summed E-state index contributed by atoms with van der Waals surface area (Å²) in [5, 5.41) is 2.77. The quantitative estimate of drug-likeness (QED) is 0.719. The van der Waals surface area contributed by atoms with E-state index < -0.39 is 11.1 Å². The van der Waals surface area contributed by atoms with E-state index in [2.05, 4.69) is 5.32 Å². The summed E-state index contributed by atoms with van der Waals surface area (Å²) in [6, 6.07) is 7.57. The Labute approximate surface area is 74.1 Å². The van der Waals surface area contributed by atoms with Gasteiger partial charge in [-0.15, -0.1) is 0 Å². The van der Waals surface area contributed by atoms with Gasteiger partial charge >= 0.3 is 0 Å². The molecule has 0 amide bonds. The zero-order valence-electron chi connectivity index (χ0n) is 6.74. The zero-order valence-corrected chi connectivity index (χ0v) is 7.56. The Kier molecular flexibility index (Phi) is 3.25. The molecule has 0 aliphatic heterocycles. The van der Waals surface area contributed by atoms with E-state index in [4.69, 9.17) is 0 Å². The Morgan fingerprint density at radius 2 is 2.33 bits per heavy atom. The molecule has 1 aromatic rings. The minimum Gasteiger partial charge on any atom is -0.771 e. The molecule has 0 aromatic heterocycles. The molecule has 1 aromatic carbocycles. The Balaban J connectivity index is 2.57. The first-order chi connectivity index (χ1) is 5.68. The highest BCUT2D eigenvalue weighted by molar-refractivity contribution is 7.79. The van der Waals surface area contributed by atoms with Gasteiger partial charge in [0, 0.05) is 5.69 Å². The van der Waals surface area contributed by atoms with E-state index in [0.29, 0.717) is 0 Å². The summed E-state index contributed by atoms with van der Waals surface area (Å²) in [5.74, 6) is -0.0382. The Hall–Kier alpha value is -0.870. The molecule has 0 radical (unpaired) electrons. The average molecular weight is 184 g/mol. The first kappa shape index (κ1) is 9.22. The fraction of sp³-hybridized carbons (Fsp3) is 0.250. The molecule has 1 atom stereocenters. The summed E-state index contributed by atoms with van der Waals surface area (Å²) in [4.78, 5) is 0. The van der Waals surface area contributed by atoms with Gasteiger partial charge in [-0.3, -0.25) is 4.21 Å². The van der Waals surface area contributed by atoms with Gasteiger partial charge in [-0.25, -0.2) is 0 Å². The van der Waals surface area contributed by atoms with Crippen molar-refractivity contribution >= 4 is 16.8 Å². The van der Waals surface area contributed by atoms with Crippen molar-refractivity contribution in [2.24, 2.45) is 0 Å². The third-order valence-corrected chi connectivity index (χ3v) is 1.79. The topological polar surface area (TPSA) is 52.2 Å². The lowest BCUT2D eigenvalue weighted by Crippen LogP contribution is -2.06. The van der Waals surface area contributed by atoms with Gasteiger partial charge in [0.05, 0.1) is 5.88 Å². The molecule has 0 saturated heterocycles. The van der Waals surface area contributed by atoms with E-state index in [-0.39, 0.29) is 5.88 Å². The Morgan fingerprint density at radius 1 is 1.58 bits per heavy atom.